The Morgan fingerprint density at radius 3 is 1.72 bits per heavy atom. The molecule has 0 heterocycles. The van der Waals surface area contributed by atoms with Crippen LogP contribution in [0.2, 0.25) is 0 Å². The number of aryl methyl sites for hydroxylation is 1. The molecule has 3 aromatic rings. The molecule has 0 bridgehead atoms. The van der Waals surface area contributed by atoms with Crippen LogP contribution in [-0.2, 0) is 9.67 Å². The normalized spacial score (nSPS) is 10.6. The summed E-state index contributed by atoms with van der Waals surface area (Å²) < 4.78 is 0. The van der Waals surface area contributed by atoms with Crippen molar-refractivity contribution in [2.45, 2.75) is 11.8 Å². The number of rotatable bonds is 4. The van der Waals surface area contributed by atoms with Crippen molar-refractivity contribution in [2.75, 3.05) is 5.32 Å². The molecular weight excluding hydrogens is 346 g/mol. The average Bonchev–Trinajstić information content (AvgIpc) is 2.64. The summed E-state index contributed by atoms with van der Waals surface area (Å²) >= 11 is 6.93. The van der Waals surface area contributed by atoms with E-state index in [1.54, 1.807) is 0 Å². The van der Waals surface area contributed by atoms with Gasteiger partial charge in [-0.2, -0.15) is 0 Å². The number of carbonyl (C=O) groups is 1. The van der Waals surface area contributed by atoms with Gasteiger partial charge in [-0.1, -0.05) is 90.5 Å². The zero-order chi connectivity index (χ0) is 17.0. The first-order chi connectivity index (χ1) is 11.6. The van der Waals surface area contributed by atoms with E-state index in [0.29, 0.717) is 0 Å². The highest BCUT2D eigenvalue weighted by molar-refractivity contribution is 6.38. The van der Waals surface area contributed by atoms with Crippen molar-refractivity contribution >= 4 is 34.2 Å². The van der Waals surface area contributed by atoms with E-state index < -0.39 is 4.87 Å². The Morgan fingerprint density at radius 2 is 1.24 bits per heavy atom. The van der Waals surface area contributed by atoms with Crippen LogP contribution < -0.4 is 5.32 Å². The predicted octanol–water partition coefficient (Wildman–Crippen LogP) is 4.74. The molecule has 0 aliphatic carbocycles. The van der Waals surface area contributed by atoms with Gasteiger partial charge in [-0.05, 0) is 29.7 Å². The molecule has 4 heteroatoms. The molecule has 2 nitrogen and oxygen atoms in total. The Bertz CT molecular complexity index is 797. The average molecular weight is 364 g/mol. The number of alkyl halides is 1. The van der Waals surface area contributed by atoms with Gasteiger partial charge < -0.3 is 5.32 Å². The third-order valence-electron chi connectivity index (χ3n) is 4.05. The van der Waals surface area contributed by atoms with Crippen LogP contribution in [0.1, 0.15) is 16.7 Å². The van der Waals surface area contributed by atoms with E-state index in [2.05, 4.69) is 5.32 Å². The molecule has 3 rings (SSSR count). The maximum absolute atomic E-state index is 13.1. The number of hydrogen-bond acceptors (Lipinski definition) is 1. The van der Waals surface area contributed by atoms with Gasteiger partial charge in [0.05, 0.1) is 0 Å². The highest BCUT2D eigenvalue weighted by atomic mass is 35.5. The summed E-state index contributed by atoms with van der Waals surface area (Å²) in [6.07, 6.45) is 0. The summed E-state index contributed by atoms with van der Waals surface area (Å²) in [5.41, 5.74) is 3.23. The molecular formula is C21H18ClNOSi. The first kappa shape index (κ1) is 19.0. The molecule has 25 heavy (non-hydrogen) atoms. The van der Waals surface area contributed by atoms with Gasteiger partial charge in [-0.15, -0.1) is 0 Å². The van der Waals surface area contributed by atoms with Crippen molar-refractivity contribution in [3.8, 4) is 0 Å². The third kappa shape index (κ3) is 3.84. The second-order valence-electron chi connectivity index (χ2n) is 5.66. The quantitative estimate of drug-likeness (QED) is 0.526. The summed E-state index contributed by atoms with van der Waals surface area (Å²) in [5, 5.41) is 2.98. The number of amides is 1. The van der Waals surface area contributed by atoms with Crippen LogP contribution in [0.15, 0.2) is 84.9 Å². The van der Waals surface area contributed by atoms with Crippen molar-refractivity contribution in [3.05, 3.63) is 102 Å². The van der Waals surface area contributed by atoms with Gasteiger partial charge >= 0.3 is 0 Å². The van der Waals surface area contributed by atoms with Crippen molar-refractivity contribution in [1.29, 1.82) is 0 Å². The smallest absolute Gasteiger partial charge is 0.254 e. The predicted molar refractivity (Wildman–Crippen MR) is 105 cm³/mol. The van der Waals surface area contributed by atoms with E-state index in [1.165, 1.54) is 0 Å². The third-order valence-corrected chi connectivity index (χ3v) is 4.66. The molecule has 0 fully saturated rings. The lowest BCUT2D eigenvalue weighted by atomic mass is 9.89. The number of hydrogen-bond donors (Lipinski definition) is 1. The molecule has 0 aromatic heterocycles. The Balaban J connectivity index is 0.00000225. The number of carbonyl (C=O) groups excluding carboxylic acids is 1. The van der Waals surface area contributed by atoms with E-state index in [-0.39, 0.29) is 16.9 Å². The molecule has 0 unspecified atom stereocenters. The van der Waals surface area contributed by atoms with E-state index >= 15 is 0 Å². The Hall–Kier alpha value is -2.36. The molecule has 0 aliphatic rings. The SMILES string of the molecule is Cc1ccccc1NC(=O)C(Cl)(c1ccccc1)c1ccccc1.[Si]. The molecule has 0 aliphatic heterocycles. The molecule has 0 saturated heterocycles. The van der Waals surface area contributed by atoms with Crippen LogP contribution in [-0.4, -0.2) is 16.9 Å². The van der Waals surface area contributed by atoms with Crippen LogP contribution >= 0.6 is 11.6 Å². The van der Waals surface area contributed by atoms with Gasteiger partial charge in [0.25, 0.3) is 5.91 Å². The summed E-state index contributed by atoms with van der Waals surface area (Å²) in [7, 11) is 0. The number of anilines is 1. The van der Waals surface area contributed by atoms with Crippen LogP contribution in [0, 0.1) is 6.92 Å². The summed E-state index contributed by atoms with van der Waals surface area (Å²) in [6, 6.07) is 26.5. The van der Waals surface area contributed by atoms with Crippen molar-refractivity contribution < 1.29 is 4.79 Å². The van der Waals surface area contributed by atoms with Gasteiger partial charge in [0, 0.05) is 16.7 Å². The number of halogens is 1. The monoisotopic (exact) mass is 363 g/mol. The summed E-state index contributed by atoms with van der Waals surface area (Å²) in [6.45, 7) is 1.95. The van der Waals surface area contributed by atoms with Crippen molar-refractivity contribution in [2.24, 2.45) is 0 Å². The van der Waals surface area contributed by atoms with Crippen LogP contribution in [0.5, 0.6) is 0 Å². The first-order valence-corrected chi connectivity index (χ1v) is 8.17. The topological polar surface area (TPSA) is 29.1 Å². The standard InChI is InChI=1S/C21H18ClNO.Si/c1-16-10-8-9-15-19(16)23-20(24)21(22,17-11-4-2-5-12-17)18-13-6-3-7-14-18;/h2-15H,1H3,(H,23,24);. The fourth-order valence-electron chi connectivity index (χ4n) is 2.69. The zero-order valence-electron chi connectivity index (χ0n) is 13.9. The molecule has 1 N–H and O–H groups in total. The van der Waals surface area contributed by atoms with Gasteiger partial charge in [0.1, 0.15) is 0 Å². The fraction of sp³-hybridized carbons (Fsp3) is 0.0952. The van der Waals surface area contributed by atoms with Crippen LogP contribution in [0.3, 0.4) is 0 Å². The largest absolute Gasteiger partial charge is 0.324 e. The Morgan fingerprint density at radius 1 is 0.800 bits per heavy atom. The Kier molecular flexibility index (Phi) is 6.18. The fourth-order valence-corrected chi connectivity index (χ4v) is 2.99. The minimum Gasteiger partial charge on any atom is -0.324 e. The van der Waals surface area contributed by atoms with Gasteiger partial charge in [0.15, 0.2) is 4.87 Å². The maximum Gasteiger partial charge on any atom is 0.254 e. The maximum atomic E-state index is 13.1. The second-order valence-corrected chi connectivity index (χ2v) is 6.23. The first-order valence-electron chi connectivity index (χ1n) is 7.79. The van der Waals surface area contributed by atoms with Crippen LogP contribution in [0.4, 0.5) is 5.69 Å². The van der Waals surface area contributed by atoms with Gasteiger partial charge in [-0.25, -0.2) is 0 Å². The number of nitrogens with one attached hydrogen (secondary N) is 1. The lowest BCUT2D eigenvalue weighted by molar-refractivity contribution is -0.117. The minimum absolute atomic E-state index is 0. The van der Waals surface area contributed by atoms with E-state index in [1.807, 2.05) is 91.9 Å². The van der Waals surface area contributed by atoms with Crippen molar-refractivity contribution in [3.63, 3.8) is 0 Å². The minimum atomic E-state index is -1.29. The molecule has 0 spiro atoms. The summed E-state index contributed by atoms with van der Waals surface area (Å²) in [4.78, 5) is 11.9. The highest BCUT2D eigenvalue weighted by Gasteiger charge is 2.40. The van der Waals surface area contributed by atoms with E-state index in [0.717, 1.165) is 22.4 Å². The lowest BCUT2D eigenvalue weighted by Crippen LogP contribution is -2.36. The molecule has 0 saturated carbocycles. The molecule has 4 radical (unpaired) electrons. The molecule has 1 amide bonds. The van der Waals surface area contributed by atoms with E-state index in [9.17, 15) is 4.79 Å². The second kappa shape index (κ2) is 8.14. The Labute approximate surface area is 157 Å². The van der Waals surface area contributed by atoms with Gasteiger partial charge in [-0.3, -0.25) is 4.79 Å². The highest BCUT2D eigenvalue weighted by Crippen LogP contribution is 2.38. The zero-order valence-corrected chi connectivity index (χ0v) is 15.6. The van der Waals surface area contributed by atoms with E-state index in [4.69, 9.17) is 11.6 Å². The van der Waals surface area contributed by atoms with Crippen LogP contribution in [0.25, 0.3) is 0 Å². The van der Waals surface area contributed by atoms with Crippen molar-refractivity contribution in [1.82, 2.24) is 0 Å². The molecule has 124 valence electrons. The lowest BCUT2D eigenvalue weighted by Gasteiger charge is -2.27. The molecule has 3 aromatic carbocycles. The summed E-state index contributed by atoms with van der Waals surface area (Å²) in [5.74, 6) is -0.268. The molecule has 0 atom stereocenters. The number of benzene rings is 3. The van der Waals surface area contributed by atoms with Gasteiger partial charge in [0.2, 0.25) is 0 Å². The number of para-hydroxylation sites is 1.